The predicted octanol–water partition coefficient (Wildman–Crippen LogP) is 3.02. The molecule has 1 aromatic carbocycles. The third-order valence-electron chi connectivity index (χ3n) is 2.65. The molecule has 0 aliphatic carbocycles. The number of hydrogen-bond acceptors (Lipinski definition) is 1. The molecule has 1 aliphatic heterocycles. The Hall–Kier alpha value is -1.35. The van der Waals surface area contributed by atoms with Gasteiger partial charge in [0.05, 0.1) is 0 Å². The second-order valence-corrected chi connectivity index (χ2v) is 4.27. The zero-order valence-corrected chi connectivity index (χ0v) is 9.38. The number of carbonyl (C=O) groups is 1. The fourth-order valence-electron chi connectivity index (χ4n) is 1.84. The first-order valence-electron chi connectivity index (χ1n) is 4.99. The summed E-state index contributed by atoms with van der Waals surface area (Å²) in [5.41, 5.74) is 0.513. The molecule has 2 nitrogen and oxygen atoms in total. The van der Waals surface area contributed by atoms with Gasteiger partial charge in [0.1, 0.15) is 5.82 Å². The van der Waals surface area contributed by atoms with E-state index < -0.39 is 5.82 Å². The fourth-order valence-corrected chi connectivity index (χ4v) is 2.05. The molecule has 1 fully saturated rings. The Balaban J connectivity index is 2.30. The molecule has 1 saturated heterocycles. The number of nitrogens with zero attached hydrogens (tertiary/aromatic N) is 1. The Labute approximate surface area is 98.3 Å². The fraction of sp³-hybridized carbons (Fsp3) is 0.250. The van der Waals surface area contributed by atoms with E-state index >= 15 is 0 Å². The largest absolute Gasteiger partial charge is 0.312 e. The molecule has 16 heavy (non-hydrogen) atoms. The van der Waals surface area contributed by atoms with Crippen molar-refractivity contribution in [3.05, 3.63) is 41.7 Å². The van der Waals surface area contributed by atoms with Crippen molar-refractivity contribution in [3.63, 3.8) is 0 Å². The van der Waals surface area contributed by atoms with Gasteiger partial charge in [-0.15, -0.1) is 6.58 Å². The van der Waals surface area contributed by atoms with Gasteiger partial charge in [-0.05, 0) is 18.2 Å². The molecule has 1 aliphatic rings. The molecule has 1 amide bonds. The van der Waals surface area contributed by atoms with Crippen LogP contribution in [0.2, 0.25) is 5.02 Å². The Morgan fingerprint density at radius 2 is 2.25 bits per heavy atom. The molecule has 1 unspecified atom stereocenters. The van der Waals surface area contributed by atoms with Crippen LogP contribution < -0.4 is 4.90 Å². The van der Waals surface area contributed by atoms with E-state index in [-0.39, 0.29) is 11.8 Å². The molecule has 84 valence electrons. The van der Waals surface area contributed by atoms with E-state index in [1.807, 2.05) is 0 Å². The average Bonchev–Trinajstić information content (AvgIpc) is 2.58. The van der Waals surface area contributed by atoms with Crippen LogP contribution >= 0.6 is 11.6 Å². The van der Waals surface area contributed by atoms with Crippen LogP contribution in [0, 0.1) is 11.7 Å². The van der Waals surface area contributed by atoms with Crippen molar-refractivity contribution in [2.45, 2.75) is 6.42 Å². The summed E-state index contributed by atoms with van der Waals surface area (Å²) >= 11 is 5.75. The Morgan fingerprint density at radius 3 is 2.81 bits per heavy atom. The second-order valence-electron chi connectivity index (χ2n) is 3.83. The van der Waals surface area contributed by atoms with E-state index in [1.165, 1.54) is 12.1 Å². The van der Waals surface area contributed by atoms with Crippen molar-refractivity contribution in [2.24, 2.45) is 5.92 Å². The van der Waals surface area contributed by atoms with Crippen LogP contribution in [0.1, 0.15) is 6.42 Å². The average molecular weight is 240 g/mol. The molecule has 0 spiro atoms. The molecule has 0 bridgehead atoms. The third kappa shape index (κ3) is 2.09. The SMILES string of the molecule is C=CC1CC(=O)N(c2cc(F)cc(Cl)c2)C1. The zero-order valence-electron chi connectivity index (χ0n) is 8.62. The van der Waals surface area contributed by atoms with Crippen LogP contribution in [0.15, 0.2) is 30.9 Å². The standard InChI is InChI=1S/C12H11ClFNO/c1-2-8-3-12(16)15(7-8)11-5-9(13)4-10(14)6-11/h2,4-6,8H,1,3,7H2. The number of hydrogen-bond donors (Lipinski definition) is 0. The summed E-state index contributed by atoms with van der Waals surface area (Å²) in [7, 11) is 0. The third-order valence-corrected chi connectivity index (χ3v) is 2.87. The van der Waals surface area contributed by atoms with Crippen LogP contribution in [-0.2, 0) is 4.79 Å². The van der Waals surface area contributed by atoms with Crippen molar-refractivity contribution in [1.82, 2.24) is 0 Å². The lowest BCUT2D eigenvalue weighted by Gasteiger charge is -2.16. The summed E-state index contributed by atoms with van der Waals surface area (Å²) in [5.74, 6) is -0.321. The first-order valence-corrected chi connectivity index (χ1v) is 5.37. The second kappa shape index (κ2) is 4.26. The molecular formula is C12H11ClFNO. The molecule has 4 heteroatoms. The van der Waals surface area contributed by atoms with E-state index in [1.54, 1.807) is 17.0 Å². The van der Waals surface area contributed by atoms with Gasteiger partial charge in [-0.1, -0.05) is 17.7 Å². The zero-order chi connectivity index (χ0) is 11.7. The number of benzene rings is 1. The molecule has 0 radical (unpaired) electrons. The molecule has 1 heterocycles. The highest BCUT2D eigenvalue weighted by atomic mass is 35.5. The van der Waals surface area contributed by atoms with Gasteiger partial charge in [0.15, 0.2) is 0 Å². The highest BCUT2D eigenvalue weighted by Gasteiger charge is 2.28. The minimum absolute atomic E-state index is 0.0217. The maximum atomic E-state index is 13.1. The number of rotatable bonds is 2. The monoisotopic (exact) mass is 239 g/mol. The normalized spacial score (nSPS) is 20.2. The van der Waals surface area contributed by atoms with E-state index in [2.05, 4.69) is 6.58 Å². The highest BCUT2D eigenvalue weighted by molar-refractivity contribution is 6.31. The van der Waals surface area contributed by atoms with Gasteiger partial charge in [-0.2, -0.15) is 0 Å². The van der Waals surface area contributed by atoms with Gasteiger partial charge in [0.2, 0.25) is 5.91 Å². The quantitative estimate of drug-likeness (QED) is 0.727. The summed E-state index contributed by atoms with van der Waals surface area (Å²) in [6, 6.07) is 4.12. The lowest BCUT2D eigenvalue weighted by atomic mass is 10.1. The van der Waals surface area contributed by atoms with E-state index in [9.17, 15) is 9.18 Å². The van der Waals surface area contributed by atoms with Crippen LogP contribution in [0.3, 0.4) is 0 Å². The lowest BCUT2D eigenvalue weighted by molar-refractivity contribution is -0.117. The Morgan fingerprint density at radius 1 is 1.50 bits per heavy atom. The van der Waals surface area contributed by atoms with Crippen molar-refractivity contribution in [1.29, 1.82) is 0 Å². The van der Waals surface area contributed by atoms with Gasteiger partial charge >= 0.3 is 0 Å². The molecule has 0 N–H and O–H groups in total. The first kappa shape index (κ1) is 11.1. The van der Waals surface area contributed by atoms with Crippen molar-refractivity contribution in [2.75, 3.05) is 11.4 Å². The van der Waals surface area contributed by atoms with Crippen LogP contribution in [0.25, 0.3) is 0 Å². The van der Waals surface area contributed by atoms with Crippen molar-refractivity contribution < 1.29 is 9.18 Å². The Bertz CT molecular complexity index is 426. The molecule has 1 aromatic rings. The van der Waals surface area contributed by atoms with Gasteiger partial charge < -0.3 is 4.90 Å². The van der Waals surface area contributed by atoms with Crippen LogP contribution in [0.4, 0.5) is 10.1 Å². The van der Waals surface area contributed by atoms with Crippen molar-refractivity contribution >= 4 is 23.2 Å². The highest BCUT2D eigenvalue weighted by Crippen LogP contribution is 2.28. The molecular weight excluding hydrogens is 229 g/mol. The van der Waals surface area contributed by atoms with E-state index in [0.717, 1.165) is 0 Å². The number of anilines is 1. The molecule has 2 rings (SSSR count). The van der Waals surface area contributed by atoms with Gasteiger partial charge in [0.25, 0.3) is 0 Å². The summed E-state index contributed by atoms with van der Waals surface area (Å²) in [6.45, 7) is 4.21. The minimum atomic E-state index is -0.433. The topological polar surface area (TPSA) is 20.3 Å². The van der Waals surface area contributed by atoms with Gasteiger partial charge in [-0.25, -0.2) is 4.39 Å². The number of halogens is 2. The van der Waals surface area contributed by atoms with Crippen LogP contribution in [0.5, 0.6) is 0 Å². The minimum Gasteiger partial charge on any atom is -0.312 e. The van der Waals surface area contributed by atoms with E-state index in [0.29, 0.717) is 23.7 Å². The summed E-state index contributed by atoms with van der Waals surface area (Å²) in [5, 5.41) is 0.296. The Kier molecular flexibility index (Phi) is 2.97. The van der Waals surface area contributed by atoms with Gasteiger partial charge in [0, 0.05) is 29.6 Å². The van der Waals surface area contributed by atoms with Gasteiger partial charge in [-0.3, -0.25) is 4.79 Å². The van der Waals surface area contributed by atoms with Crippen LogP contribution in [-0.4, -0.2) is 12.5 Å². The molecule has 0 aromatic heterocycles. The maximum absolute atomic E-state index is 13.1. The van der Waals surface area contributed by atoms with Crippen molar-refractivity contribution in [3.8, 4) is 0 Å². The lowest BCUT2D eigenvalue weighted by Crippen LogP contribution is -2.24. The smallest absolute Gasteiger partial charge is 0.227 e. The predicted molar refractivity (Wildman–Crippen MR) is 62.1 cm³/mol. The maximum Gasteiger partial charge on any atom is 0.227 e. The van der Waals surface area contributed by atoms with E-state index in [4.69, 9.17) is 11.6 Å². The summed E-state index contributed by atoms with van der Waals surface area (Å²) in [6.07, 6.45) is 2.18. The number of carbonyl (C=O) groups excluding carboxylic acids is 1. The summed E-state index contributed by atoms with van der Waals surface area (Å²) < 4.78 is 13.1. The summed E-state index contributed by atoms with van der Waals surface area (Å²) in [4.78, 5) is 13.2. The molecule has 1 atom stereocenters. The first-order chi connectivity index (χ1) is 7.60. The molecule has 0 saturated carbocycles. The number of amides is 1.